The van der Waals surface area contributed by atoms with Crippen molar-refractivity contribution < 1.29 is 14.6 Å². The first-order chi connectivity index (χ1) is 12.1. The first-order valence-electron chi connectivity index (χ1n) is 8.59. The number of nitrogens with one attached hydrogen (secondary N) is 1. The minimum absolute atomic E-state index is 0.0917. The van der Waals surface area contributed by atoms with E-state index in [4.69, 9.17) is 9.47 Å². The summed E-state index contributed by atoms with van der Waals surface area (Å²) in [7, 11) is 5.71. The van der Waals surface area contributed by atoms with E-state index in [-0.39, 0.29) is 6.04 Å². The molecule has 1 unspecified atom stereocenters. The van der Waals surface area contributed by atoms with Gasteiger partial charge < -0.3 is 24.8 Å². The van der Waals surface area contributed by atoms with Crippen molar-refractivity contribution in [2.75, 3.05) is 40.9 Å². The van der Waals surface area contributed by atoms with Crippen LogP contribution in [0.4, 0.5) is 0 Å². The standard InChI is InChI=1S/C20H26N2O3/c1-22(2)10-11-25-18-7-4-15(13-19(18)24-3)20-17-6-5-16(23)12-14(17)8-9-21-20/h4-7,12-13,20-21,23H,8-11H2,1-3H3. The molecule has 2 aromatic carbocycles. The Hall–Kier alpha value is -2.24. The predicted octanol–water partition coefficient (Wildman–Crippen LogP) is 2.58. The molecule has 0 amide bonds. The minimum atomic E-state index is 0.0917. The van der Waals surface area contributed by atoms with E-state index >= 15 is 0 Å². The van der Waals surface area contributed by atoms with Crippen LogP contribution in [0.5, 0.6) is 17.2 Å². The molecule has 1 aliphatic heterocycles. The lowest BCUT2D eigenvalue weighted by molar-refractivity contribution is 0.250. The fourth-order valence-electron chi connectivity index (χ4n) is 3.17. The average Bonchev–Trinajstić information content (AvgIpc) is 2.61. The third-order valence-electron chi connectivity index (χ3n) is 4.50. The second kappa shape index (κ2) is 7.76. The highest BCUT2D eigenvalue weighted by Gasteiger charge is 2.22. The molecular formula is C20H26N2O3. The Morgan fingerprint density at radius 2 is 2.00 bits per heavy atom. The number of phenols is 1. The van der Waals surface area contributed by atoms with Crippen molar-refractivity contribution >= 4 is 0 Å². The van der Waals surface area contributed by atoms with Crippen LogP contribution in [0, 0.1) is 0 Å². The summed E-state index contributed by atoms with van der Waals surface area (Å²) in [5.74, 6) is 1.82. The molecule has 0 saturated carbocycles. The van der Waals surface area contributed by atoms with Gasteiger partial charge in [-0.15, -0.1) is 0 Å². The van der Waals surface area contributed by atoms with Gasteiger partial charge in [0.1, 0.15) is 12.4 Å². The molecule has 2 N–H and O–H groups in total. The van der Waals surface area contributed by atoms with E-state index in [1.54, 1.807) is 13.2 Å². The minimum Gasteiger partial charge on any atom is -0.508 e. The lowest BCUT2D eigenvalue weighted by Crippen LogP contribution is -2.30. The Morgan fingerprint density at radius 3 is 2.76 bits per heavy atom. The van der Waals surface area contributed by atoms with Crippen LogP contribution in [0.3, 0.4) is 0 Å². The number of fused-ring (bicyclic) bond motifs is 1. The van der Waals surface area contributed by atoms with Gasteiger partial charge >= 0.3 is 0 Å². The van der Waals surface area contributed by atoms with Crippen molar-refractivity contribution in [3.8, 4) is 17.2 Å². The molecule has 134 valence electrons. The summed E-state index contributed by atoms with van der Waals surface area (Å²) < 4.78 is 11.4. The Kier molecular flexibility index (Phi) is 5.46. The molecule has 0 aliphatic carbocycles. The molecule has 0 fully saturated rings. The molecular weight excluding hydrogens is 316 g/mol. The van der Waals surface area contributed by atoms with Gasteiger partial charge in [-0.25, -0.2) is 0 Å². The SMILES string of the molecule is COc1cc(C2NCCc3cc(O)ccc32)ccc1OCCN(C)C. The number of nitrogens with zero attached hydrogens (tertiary/aromatic N) is 1. The Bertz CT molecular complexity index is 731. The topological polar surface area (TPSA) is 54.0 Å². The Morgan fingerprint density at radius 1 is 1.16 bits per heavy atom. The van der Waals surface area contributed by atoms with Crippen LogP contribution < -0.4 is 14.8 Å². The zero-order valence-electron chi connectivity index (χ0n) is 15.1. The van der Waals surface area contributed by atoms with Crippen molar-refractivity contribution in [2.24, 2.45) is 0 Å². The second-order valence-corrected chi connectivity index (χ2v) is 6.58. The van der Waals surface area contributed by atoms with Crippen LogP contribution in [0.25, 0.3) is 0 Å². The van der Waals surface area contributed by atoms with Crippen molar-refractivity contribution in [3.05, 3.63) is 53.1 Å². The van der Waals surface area contributed by atoms with E-state index in [2.05, 4.69) is 16.3 Å². The zero-order chi connectivity index (χ0) is 17.8. The fourth-order valence-corrected chi connectivity index (χ4v) is 3.17. The first-order valence-corrected chi connectivity index (χ1v) is 8.59. The smallest absolute Gasteiger partial charge is 0.161 e. The number of hydrogen-bond acceptors (Lipinski definition) is 5. The molecule has 1 heterocycles. The summed E-state index contributed by atoms with van der Waals surface area (Å²) >= 11 is 0. The summed E-state index contributed by atoms with van der Waals surface area (Å²) in [5.41, 5.74) is 3.52. The molecule has 1 atom stereocenters. The molecule has 0 radical (unpaired) electrons. The average molecular weight is 342 g/mol. The first kappa shape index (κ1) is 17.6. The fraction of sp³-hybridized carbons (Fsp3) is 0.400. The monoisotopic (exact) mass is 342 g/mol. The summed E-state index contributed by atoms with van der Waals surface area (Å²) in [4.78, 5) is 2.08. The van der Waals surface area contributed by atoms with E-state index in [1.165, 1.54) is 11.1 Å². The third-order valence-corrected chi connectivity index (χ3v) is 4.50. The molecule has 0 spiro atoms. The van der Waals surface area contributed by atoms with Crippen LogP contribution in [-0.4, -0.2) is 50.9 Å². The highest BCUT2D eigenvalue weighted by Crippen LogP contribution is 2.35. The number of ether oxygens (including phenoxy) is 2. The van der Waals surface area contributed by atoms with Crippen molar-refractivity contribution in [1.82, 2.24) is 10.2 Å². The van der Waals surface area contributed by atoms with E-state index in [0.717, 1.165) is 36.6 Å². The highest BCUT2D eigenvalue weighted by atomic mass is 16.5. The molecule has 0 aromatic heterocycles. The number of likely N-dealkylation sites (N-methyl/N-ethyl adjacent to an activating group) is 1. The van der Waals surface area contributed by atoms with E-state index < -0.39 is 0 Å². The van der Waals surface area contributed by atoms with Gasteiger partial charge in [-0.05, 0) is 61.5 Å². The Labute approximate surface area is 149 Å². The zero-order valence-corrected chi connectivity index (χ0v) is 15.1. The van der Waals surface area contributed by atoms with Crippen LogP contribution in [-0.2, 0) is 6.42 Å². The van der Waals surface area contributed by atoms with Gasteiger partial charge in [-0.1, -0.05) is 12.1 Å². The lowest BCUT2D eigenvalue weighted by atomic mass is 9.89. The van der Waals surface area contributed by atoms with Gasteiger partial charge in [0, 0.05) is 13.1 Å². The van der Waals surface area contributed by atoms with Gasteiger partial charge in [0.25, 0.3) is 0 Å². The maximum Gasteiger partial charge on any atom is 0.161 e. The number of phenolic OH excluding ortho intramolecular Hbond substituents is 1. The normalized spacial score (nSPS) is 16.6. The molecule has 0 saturated heterocycles. The van der Waals surface area contributed by atoms with Crippen LogP contribution in [0.15, 0.2) is 36.4 Å². The molecule has 0 bridgehead atoms. The number of hydrogen-bond donors (Lipinski definition) is 2. The van der Waals surface area contributed by atoms with Gasteiger partial charge in [0.15, 0.2) is 11.5 Å². The van der Waals surface area contributed by atoms with E-state index in [1.807, 2.05) is 38.4 Å². The number of rotatable bonds is 6. The highest BCUT2D eigenvalue weighted by molar-refractivity contribution is 5.48. The largest absolute Gasteiger partial charge is 0.508 e. The molecule has 2 aromatic rings. The maximum absolute atomic E-state index is 9.72. The van der Waals surface area contributed by atoms with Gasteiger partial charge in [0.05, 0.1) is 13.2 Å². The van der Waals surface area contributed by atoms with Gasteiger partial charge in [-0.3, -0.25) is 0 Å². The molecule has 5 nitrogen and oxygen atoms in total. The number of methoxy groups -OCH3 is 1. The maximum atomic E-state index is 9.72. The molecule has 1 aliphatic rings. The molecule has 25 heavy (non-hydrogen) atoms. The molecule has 5 heteroatoms. The third kappa shape index (κ3) is 4.06. The molecule has 3 rings (SSSR count). The van der Waals surface area contributed by atoms with Gasteiger partial charge in [-0.2, -0.15) is 0 Å². The van der Waals surface area contributed by atoms with Crippen LogP contribution in [0.2, 0.25) is 0 Å². The van der Waals surface area contributed by atoms with Crippen molar-refractivity contribution in [3.63, 3.8) is 0 Å². The number of benzene rings is 2. The van der Waals surface area contributed by atoms with Crippen molar-refractivity contribution in [1.29, 1.82) is 0 Å². The summed E-state index contributed by atoms with van der Waals surface area (Å²) in [6, 6.07) is 11.8. The lowest BCUT2D eigenvalue weighted by Gasteiger charge is -2.28. The van der Waals surface area contributed by atoms with E-state index in [9.17, 15) is 5.11 Å². The summed E-state index contributed by atoms with van der Waals surface area (Å²) in [6.45, 7) is 2.35. The predicted molar refractivity (Wildman–Crippen MR) is 98.7 cm³/mol. The van der Waals surface area contributed by atoms with E-state index in [0.29, 0.717) is 12.4 Å². The van der Waals surface area contributed by atoms with Crippen LogP contribution in [0.1, 0.15) is 22.7 Å². The summed E-state index contributed by atoms with van der Waals surface area (Å²) in [6.07, 6.45) is 0.920. The summed E-state index contributed by atoms with van der Waals surface area (Å²) in [5, 5.41) is 13.3. The number of aromatic hydroxyl groups is 1. The Balaban J connectivity index is 1.84. The second-order valence-electron chi connectivity index (χ2n) is 6.58. The quantitative estimate of drug-likeness (QED) is 0.845. The van der Waals surface area contributed by atoms with Crippen LogP contribution >= 0.6 is 0 Å². The van der Waals surface area contributed by atoms with Crippen molar-refractivity contribution in [2.45, 2.75) is 12.5 Å². The van der Waals surface area contributed by atoms with Gasteiger partial charge in [0.2, 0.25) is 0 Å².